The summed E-state index contributed by atoms with van der Waals surface area (Å²) < 4.78 is 0. The Balaban J connectivity index is 1.95. The lowest BCUT2D eigenvalue weighted by Crippen LogP contribution is -2.53. The minimum absolute atomic E-state index is 0.0490. The number of hydrogen-bond acceptors (Lipinski definition) is 2. The smallest absolute Gasteiger partial charge is 0.307 e. The monoisotopic (exact) mass is 225 g/mol. The highest BCUT2D eigenvalue weighted by atomic mass is 16.4. The summed E-state index contributed by atoms with van der Waals surface area (Å²) in [5, 5.41) is 12.0. The predicted molar refractivity (Wildman–Crippen MR) is 58.9 cm³/mol. The van der Waals surface area contributed by atoms with Crippen LogP contribution in [0.1, 0.15) is 45.4 Å². The van der Waals surface area contributed by atoms with Crippen LogP contribution in [0.15, 0.2) is 0 Å². The summed E-state index contributed by atoms with van der Waals surface area (Å²) in [6.07, 6.45) is 5.41. The predicted octanol–water partition coefficient (Wildman–Crippen LogP) is 1.55. The largest absolute Gasteiger partial charge is 0.481 e. The number of carbonyl (C=O) groups is 2. The van der Waals surface area contributed by atoms with Crippen LogP contribution in [0.2, 0.25) is 0 Å². The van der Waals surface area contributed by atoms with Gasteiger partial charge in [0, 0.05) is 5.54 Å². The van der Waals surface area contributed by atoms with Crippen LogP contribution >= 0.6 is 0 Å². The van der Waals surface area contributed by atoms with Gasteiger partial charge in [-0.25, -0.2) is 0 Å². The van der Waals surface area contributed by atoms with E-state index >= 15 is 0 Å². The minimum atomic E-state index is -0.823. The Morgan fingerprint density at radius 2 is 1.81 bits per heavy atom. The number of carboxylic acid groups (broad SMARTS) is 1. The van der Waals surface area contributed by atoms with Gasteiger partial charge in [-0.2, -0.15) is 0 Å². The van der Waals surface area contributed by atoms with Crippen LogP contribution in [0.4, 0.5) is 0 Å². The lowest BCUT2D eigenvalue weighted by molar-refractivity contribution is -0.146. The average molecular weight is 225 g/mol. The highest BCUT2D eigenvalue weighted by Crippen LogP contribution is 2.35. The number of carboxylic acids is 1. The zero-order valence-corrected chi connectivity index (χ0v) is 9.66. The van der Waals surface area contributed by atoms with Crippen molar-refractivity contribution in [1.29, 1.82) is 0 Å². The van der Waals surface area contributed by atoms with E-state index in [0.29, 0.717) is 6.42 Å². The van der Waals surface area contributed by atoms with Crippen molar-refractivity contribution in [1.82, 2.24) is 5.32 Å². The third kappa shape index (κ3) is 2.06. The highest BCUT2D eigenvalue weighted by Gasteiger charge is 2.41. The van der Waals surface area contributed by atoms with Gasteiger partial charge in [0.15, 0.2) is 0 Å². The van der Waals surface area contributed by atoms with Crippen molar-refractivity contribution in [3.8, 4) is 0 Å². The van der Waals surface area contributed by atoms with E-state index in [2.05, 4.69) is 5.32 Å². The first-order chi connectivity index (χ1) is 7.52. The number of aliphatic carboxylic acids is 1. The molecule has 4 heteroatoms. The van der Waals surface area contributed by atoms with Crippen molar-refractivity contribution >= 4 is 11.9 Å². The van der Waals surface area contributed by atoms with Gasteiger partial charge >= 0.3 is 5.97 Å². The second-order valence-corrected chi connectivity index (χ2v) is 5.39. The van der Waals surface area contributed by atoms with Gasteiger partial charge in [-0.15, -0.1) is 0 Å². The minimum Gasteiger partial charge on any atom is -0.481 e. The molecule has 0 bridgehead atoms. The summed E-state index contributed by atoms with van der Waals surface area (Å²) in [7, 11) is 0. The molecule has 2 rings (SSSR count). The number of amides is 1. The first-order valence-electron chi connectivity index (χ1n) is 6.07. The third-order valence-corrected chi connectivity index (χ3v) is 4.05. The van der Waals surface area contributed by atoms with Crippen molar-refractivity contribution in [2.75, 3.05) is 0 Å². The van der Waals surface area contributed by atoms with Crippen molar-refractivity contribution in [3.05, 3.63) is 0 Å². The summed E-state index contributed by atoms with van der Waals surface area (Å²) in [5.41, 5.74) is -0.0667. The molecular weight excluding hydrogens is 206 g/mol. The summed E-state index contributed by atoms with van der Waals surface area (Å²) in [4.78, 5) is 23.0. The van der Waals surface area contributed by atoms with E-state index < -0.39 is 11.9 Å². The van der Waals surface area contributed by atoms with Gasteiger partial charge in [0.25, 0.3) is 0 Å². The SMILES string of the molecule is CC1(NC(=O)C2CCCC2C(=O)O)CCC1. The van der Waals surface area contributed by atoms with Gasteiger partial charge in [-0.1, -0.05) is 6.42 Å². The van der Waals surface area contributed by atoms with Crippen LogP contribution in [-0.2, 0) is 9.59 Å². The molecule has 0 spiro atoms. The zero-order valence-electron chi connectivity index (χ0n) is 9.66. The quantitative estimate of drug-likeness (QED) is 0.765. The maximum absolute atomic E-state index is 12.0. The molecule has 4 nitrogen and oxygen atoms in total. The van der Waals surface area contributed by atoms with E-state index in [0.717, 1.165) is 32.1 Å². The number of hydrogen-bond donors (Lipinski definition) is 2. The van der Waals surface area contributed by atoms with Crippen molar-refractivity contribution in [2.45, 2.75) is 51.0 Å². The van der Waals surface area contributed by atoms with E-state index in [1.807, 2.05) is 6.92 Å². The second-order valence-electron chi connectivity index (χ2n) is 5.39. The van der Waals surface area contributed by atoms with E-state index in [1.54, 1.807) is 0 Å². The Hall–Kier alpha value is -1.06. The fraction of sp³-hybridized carbons (Fsp3) is 0.833. The molecule has 0 aromatic heterocycles. The molecule has 2 N–H and O–H groups in total. The lowest BCUT2D eigenvalue weighted by atomic mass is 9.78. The van der Waals surface area contributed by atoms with Gasteiger partial charge in [0.05, 0.1) is 11.8 Å². The van der Waals surface area contributed by atoms with Crippen LogP contribution in [0.3, 0.4) is 0 Å². The molecule has 1 amide bonds. The van der Waals surface area contributed by atoms with Crippen LogP contribution in [0.25, 0.3) is 0 Å². The van der Waals surface area contributed by atoms with Gasteiger partial charge in [-0.05, 0) is 39.0 Å². The molecule has 0 heterocycles. The Morgan fingerprint density at radius 3 is 2.31 bits per heavy atom. The Kier molecular flexibility index (Phi) is 2.91. The molecule has 0 aromatic rings. The normalized spacial score (nSPS) is 31.8. The summed E-state index contributed by atoms with van der Waals surface area (Å²) >= 11 is 0. The van der Waals surface area contributed by atoms with Crippen LogP contribution in [0.5, 0.6) is 0 Å². The molecule has 2 aliphatic carbocycles. The zero-order chi connectivity index (χ0) is 11.8. The molecule has 0 aromatic carbocycles. The van der Waals surface area contributed by atoms with Gasteiger partial charge in [0.2, 0.25) is 5.91 Å². The van der Waals surface area contributed by atoms with Gasteiger partial charge in [0.1, 0.15) is 0 Å². The number of nitrogens with one attached hydrogen (secondary N) is 1. The summed E-state index contributed by atoms with van der Waals surface area (Å²) in [6.45, 7) is 2.04. The molecule has 2 saturated carbocycles. The van der Waals surface area contributed by atoms with Crippen molar-refractivity contribution in [3.63, 3.8) is 0 Å². The van der Waals surface area contributed by atoms with E-state index in [9.17, 15) is 9.59 Å². The van der Waals surface area contributed by atoms with E-state index in [4.69, 9.17) is 5.11 Å². The summed E-state index contributed by atoms with van der Waals surface area (Å²) in [5.74, 6) is -1.65. The molecule has 2 unspecified atom stereocenters. The van der Waals surface area contributed by atoms with Gasteiger partial charge < -0.3 is 10.4 Å². The molecule has 90 valence electrons. The Morgan fingerprint density at radius 1 is 1.19 bits per heavy atom. The van der Waals surface area contributed by atoms with Gasteiger partial charge in [-0.3, -0.25) is 9.59 Å². The number of carbonyl (C=O) groups excluding carboxylic acids is 1. The molecular formula is C12H19NO3. The van der Waals surface area contributed by atoms with Crippen molar-refractivity contribution < 1.29 is 14.7 Å². The molecule has 2 aliphatic rings. The Bertz CT molecular complexity index is 309. The molecule has 0 aliphatic heterocycles. The van der Waals surface area contributed by atoms with Crippen LogP contribution in [0, 0.1) is 11.8 Å². The first-order valence-corrected chi connectivity index (χ1v) is 6.07. The van der Waals surface area contributed by atoms with Crippen molar-refractivity contribution in [2.24, 2.45) is 11.8 Å². The molecule has 16 heavy (non-hydrogen) atoms. The summed E-state index contributed by atoms with van der Waals surface area (Å²) in [6, 6.07) is 0. The third-order valence-electron chi connectivity index (χ3n) is 4.05. The second kappa shape index (κ2) is 4.07. The topological polar surface area (TPSA) is 66.4 Å². The number of rotatable bonds is 3. The van der Waals surface area contributed by atoms with E-state index in [-0.39, 0.29) is 17.4 Å². The standard InChI is InChI=1S/C12H19NO3/c1-12(6-3-7-12)13-10(14)8-4-2-5-9(8)11(15)16/h8-9H,2-7H2,1H3,(H,13,14)(H,15,16). The highest BCUT2D eigenvalue weighted by molar-refractivity contribution is 5.85. The first kappa shape index (κ1) is 11.4. The van der Waals surface area contributed by atoms with Crippen LogP contribution < -0.4 is 5.32 Å². The fourth-order valence-electron chi connectivity index (χ4n) is 2.79. The molecule has 2 fully saturated rings. The lowest BCUT2D eigenvalue weighted by Gasteiger charge is -2.40. The molecule has 2 atom stereocenters. The van der Waals surface area contributed by atoms with E-state index in [1.165, 1.54) is 0 Å². The van der Waals surface area contributed by atoms with Crippen LogP contribution in [-0.4, -0.2) is 22.5 Å². The average Bonchev–Trinajstić information content (AvgIpc) is 2.63. The maximum atomic E-state index is 12.0. The fourth-order valence-corrected chi connectivity index (χ4v) is 2.79. The maximum Gasteiger partial charge on any atom is 0.307 e. The molecule has 0 saturated heterocycles. The molecule has 0 radical (unpaired) electrons. The Labute approximate surface area is 95.4 Å².